The van der Waals surface area contributed by atoms with E-state index in [-0.39, 0.29) is 12.2 Å². The molecule has 0 aliphatic heterocycles. The average Bonchev–Trinajstić information content (AvgIpc) is 3.13. The van der Waals surface area contributed by atoms with E-state index in [1.807, 2.05) is 35.9 Å². The van der Waals surface area contributed by atoms with Gasteiger partial charge in [0, 0.05) is 42.6 Å². The molecule has 33 heavy (non-hydrogen) atoms. The molecule has 4 aromatic rings. The number of amides is 1. The van der Waals surface area contributed by atoms with Crippen LogP contribution in [0.1, 0.15) is 10.5 Å². The van der Waals surface area contributed by atoms with Gasteiger partial charge < -0.3 is 30.2 Å². The van der Waals surface area contributed by atoms with Crippen LogP contribution in [0.5, 0.6) is 11.5 Å². The number of halogens is 1. The Kier molecular flexibility index (Phi) is 6.74. The van der Waals surface area contributed by atoms with Crippen LogP contribution in [0.15, 0.2) is 60.8 Å². The maximum Gasteiger partial charge on any atom is 0.270 e. The van der Waals surface area contributed by atoms with E-state index in [2.05, 4.69) is 20.6 Å². The van der Waals surface area contributed by atoms with Crippen molar-refractivity contribution in [3.8, 4) is 11.5 Å². The Morgan fingerprint density at radius 3 is 2.67 bits per heavy atom. The number of aryl methyl sites for hydroxylation is 1. The van der Waals surface area contributed by atoms with Crippen LogP contribution >= 0.6 is 11.6 Å². The first-order chi connectivity index (χ1) is 15.9. The zero-order valence-corrected chi connectivity index (χ0v) is 18.5. The number of carbonyl (C=O) groups excluding carboxylic acids is 1. The molecule has 4 N–H and O–H groups in total. The Morgan fingerprint density at radius 1 is 1.15 bits per heavy atom. The number of hydrogen-bond donors (Lipinski definition) is 4. The van der Waals surface area contributed by atoms with E-state index in [1.165, 1.54) is 12.3 Å². The van der Waals surface area contributed by atoms with Crippen LogP contribution in [-0.4, -0.2) is 49.9 Å². The first kappa shape index (κ1) is 22.5. The molecule has 1 unspecified atom stereocenters. The van der Waals surface area contributed by atoms with Crippen molar-refractivity contribution < 1.29 is 19.7 Å². The summed E-state index contributed by atoms with van der Waals surface area (Å²) in [5.41, 5.74) is 2.64. The molecular weight excluding hydrogens is 446 g/mol. The van der Waals surface area contributed by atoms with Crippen molar-refractivity contribution in [2.45, 2.75) is 6.10 Å². The number of carbonyl (C=O) groups is 1. The zero-order valence-electron chi connectivity index (χ0n) is 17.7. The van der Waals surface area contributed by atoms with Gasteiger partial charge in [-0.25, -0.2) is 4.98 Å². The number of imidazole rings is 1. The Morgan fingerprint density at radius 2 is 1.91 bits per heavy atom. The van der Waals surface area contributed by atoms with Crippen molar-refractivity contribution in [1.82, 2.24) is 19.9 Å². The molecule has 0 bridgehead atoms. The summed E-state index contributed by atoms with van der Waals surface area (Å²) in [4.78, 5) is 20.9. The number of hydrogen-bond acceptors (Lipinski definition) is 7. The molecule has 0 radical (unpaired) electrons. The number of aliphatic hydroxyl groups excluding tert-OH is 2. The van der Waals surface area contributed by atoms with Crippen molar-refractivity contribution in [2.75, 3.05) is 18.5 Å². The van der Waals surface area contributed by atoms with Crippen molar-refractivity contribution in [3.05, 3.63) is 71.5 Å². The molecule has 0 fully saturated rings. The van der Waals surface area contributed by atoms with E-state index in [0.717, 1.165) is 16.7 Å². The normalized spacial score (nSPS) is 11.9. The summed E-state index contributed by atoms with van der Waals surface area (Å²) in [6.45, 7) is -0.519. The maximum absolute atomic E-state index is 12.2. The van der Waals surface area contributed by atoms with Gasteiger partial charge in [0.25, 0.3) is 5.91 Å². The molecular formula is C23H22ClN5O4. The third-order valence-electron chi connectivity index (χ3n) is 4.86. The van der Waals surface area contributed by atoms with Crippen LogP contribution in [0.3, 0.4) is 0 Å². The van der Waals surface area contributed by atoms with Gasteiger partial charge in [0.15, 0.2) is 0 Å². The summed E-state index contributed by atoms with van der Waals surface area (Å²) in [5.74, 6) is 1.16. The first-order valence-electron chi connectivity index (χ1n) is 10.1. The van der Waals surface area contributed by atoms with Gasteiger partial charge in [-0.2, -0.15) is 0 Å². The van der Waals surface area contributed by atoms with Crippen molar-refractivity contribution >= 4 is 40.2 Å². The number of anilines is 2. The standard InChI is InChI=1S/C23H22ClN5O4/c1-29-21-7-6-17(10-19(21)28-23(29)27-15-4-2-14(24)3-5-15)33-18-8-9-25-20(11-18)22(32)26-12-16(31)13-30/h2-11,16,30-31H,12-13H2,1H3,(H,26,32)(H,27,28). The largest absolute Gasteiger partial charge is 0.457 e. The number of nitrogens with zero attached hydrogens (tertiary/aromatic N) is 3. The van der Waals surface area contributed by atoms with Crippen LogP contribution in [0.25, 0.3) is 11.0 Å². The maximum atomic E-state index is 12.2. The molecule has 2 aromatic carbocycles. The lowest BCUT2D eigenvalue weighted by molar-refractivity contribution is 0.0798. The highest BCUT2D eigenvalue weighted by molar-refractivity contribution is 6.30. The van der Waals surface area contributed by atoms with Gasteiger partial charge in [0.05, 0.1) is 23.7 Å². The highest BCUT2D eigenvalue weighted by Crippen LogP contribution is 2.28. The number of pyridine rings is 1. The second-order valence-electron chi connectivity index (χ2n) is 7.30. The summed E-state index contributed by atoms with van der Waals surface area (Å²) < 4.78 is 7.84. The topological polar surface area (TPSA) is 122 Å². The lowest BCUT2D eigenvalue weighted by Crippen LogP contribution is -2.34. The molecule has 4 rings (SSSR count). The summed E-state index contributed by atoms with van der Waals surface area (Å²) in [6.07, 6.45) is 0.428. The molecule has 0 saturated heterocycles. The van der Waals surface area contributed by atoms with E-state index in [1.54, 1.807) is 24.3 Å². The summed E-state index contributed by atoms with van der Waals surface area (Å²) in [6, 6.07) is 16.0. The fourth-order valence-electron chi connectivity index (χ4n) is 3.12. The van der Waals surface area contributed by atoms with Crippen LogP contribution in [0, 0.1) is 0 Å². The lowest BCUT2D eigenvalue weighted by Gasteiger charge is -2.10. The number of fused-ring (bicyclic) bond motifs is 1. The quantitative estimate of drug-likeness (QED) is 0.314. The number of benzene rings is 2. The minimum absolute atomic E-state index is 0.0785. The van der Waals surface area contributed by atoms with Gasteiger partial charge in [-0.1, -0.05) is 11.6 Å². The third-order valence-corrected chi connectivity index (χ3v) is 5.11. The number of ether oxygens (including phenoxy) is 1. The summed E-state index contributed by atoms with van der Waals surface area (Å²) in [7, 11) is 1.91. The summed E-state index contributed by atoms with van der Waals surface area (Å²) >= 11 is 5.95. The van der Waals surface area contributed by atoms with Gasteiger partial charge in [-0.15, -0.1) is 0 Å². The minimum Gasteiger partial charge on any atom is -0.457 e. The van der Waals surface area contributed by atoms with Gasteiger partial charge in [-0.05, 0) is 42.5 Å². The molecule has 0 aliphatic rings. The predicted octanol–water partition coefficient (Wildman–Crippen LogP) is 3.24. The van der Waals surface area contributed by atoms with Crippen LogP contribution < -0.4 is 15.4 Å². The van der Waals surface area contributed by atoms with Gasteiger partial charge in [0.2, 0.25) is 5.95 Å². The highest BCUT2D eigenvalue weighted by Gasteiger charge is 2.13. The van der Waals surface area contributed by atoms with Crippen LogP contribution in [-0.2, 0) is 7.05 Å². The molecule has 2 aromatic heterocycles. The number of rotatable bonds is 8. The third kappa shape index (κ3) is 5.40. The SMILES string of the molecule is Cn1c(Nc2ccc(Cl)cc2)nc2cc(Oc3ccnc(C(=O)NCC(O)CO)c3)ccc21. The number of nitrogens with one attached hydrogen (secondary N) is 2. The minimum atomic E-state index is -1.03. The zero-order chi connectivity index (χ0) is 23.4. The van der Waals surface area contributed by atoms with Crippen LogP contribution in [0.2, 0.25) is 5.02 Å². The number of aliphatic hydroxyl groups is 2. The van der Waals surface area contributed by atoms with E-state index >= 15 is 0 Å². The van der Waals surface area contributed by atoms with Gasteiger partial charge in [-0.3, -0.25) is 9.78 Å². The highest BCUT2D eigenvalue weighted by atomic mass is 35.5. The van der Waals surface area contributed by atoms with Crippen LogP contribution in [0.4, 0.5) is 11.6 Å². The predicted molar refractivity (Wildman–Crippen MR) is 125 cm³/mol. The Balaban J connectivity index is 1.50. The van der Waals surface area contributed by atoms with Gasteiger partial charge >= 0.3 is 0 Å². The molecule has 1 atom stereocenters. The van der Waals surface area contributed by atoms with E-state index in [0.29, 0.717) is 22.5 Å². The molecule has 10 heteroatoms. The molecule has 9 nitrogen and oxygen atoms in total. The Labute approximate surface area is 194 Å². The van der Waals surface area contributed by atoms with Crippen molar-refractivity contribution in [3.63, 3.8) is 0 Å². The van der Waals surface area contributed by atoms with Gasteiger partial charge in [0.1, 0.15) is 17.2 Å². The molecule has 0 spiro atoms. The second kappa shape index (κ2) is 9.86. The second-order valence-corrected chi connectivity index (χ2v) is 7.74. The lowest BCUT2D eigenvalue weighted by atomic mass is 10.3. The fraction of sp³-hybridized carbons (Fsp3) is 0.174. The smallest absolute Gasteiger partial charge is 0.270 e. The van der Waals surface area contributed by atoms with E-state index in [9.17, 15) is 9.90 Å². The fourth-order valence-corrected chi connectivity index (χ4v) is 3.24. The first-order valence-corrected chi connectivity index (χ1v) is 10.5. The molecule has 1 amide bonds. The molecule has 2 heterocycles. The molecule has 170 valence electrons. The molecule has 0 saturated carbocycles. The Bertz CT molecular complexity index is 1280. The van der Waals surface area contributed by atoms with Crippen molar-refractivity contribution in [2.24, 2.45) is 7.05 Å². The van der Waals surface area contributed by atoms with E-state index in [4.69, 9.17) is 21.4 Å². The average molecular weight is 468 g/mol. The summed E-state index contributed by atoms with van der Waals surface area (Å²) in [5, 5.41) is 24.7. The van der Waals surface area contributed by atoms with Crippen molar-refractivity contribution in [1.29, 1.82) is 0 Å². The number of aromatic nitrogens is 3. The Hall–Kier alpha value is -3.66. The monoisotopic (exact) mass is 467 g/mol. The van der Waals surface area contributed by atoms with E-state index < -0.39 is 18.6 Å². The molecule has 0 aliphatic carbocycles.